The highest BCUT2D eigenvalue weighted by atomic mass is 16.5. The van der Waals surface area contributed by atoms with Crippen molar-refractivity contribution in [2.24, 2.45) is 0 Å². The van der Waals surface area contributed by atoms with Gasteiger partial charge in [-0.15, -0.1) is 0 Å². The minimum absolute atomic E-state index is 0.0198. The Balaban J connectivity index is 2.30. The third-order valence-electron chi connectivity index (χ3n) is 3.71. The lowest BCUT2D eigenvalue weighted by Crippen LogP contribution is -2.48. The van der Waals surface area contributed by atoms with E-state index in [1.165, 1.54) is 0 Å². The number of methoxy groups -OCH3 is 2. The smallest absolute Gasteiger partial charge is 0.254 e. The molecule has 1 aromatic rings. The number of morpholine rings is 1. The summed E-state index contributed by atoms with van der Waals surface area (Å²) >= 11 is 0. The van der Waals surface area contributed by atoms with Crippen molar-refractivity contribution in [3.63, 3.8) is 0 Å². The van der Waals surface area contributed by atoms with E-state index in [2.05, 4.69) is 0 Å². The van der Waals surface area contributed by atoms with Crippen LogP contribution in [0.25, 0.3) is 0 Å². The first-order chi connectivity index (χ1) is 9.96. The highest BCUT2D eigenvalue weighted by Crippen LogP contribution is 2.30. The largest absolute Gasteiger partial charge is 0.496 e. The van der Waals surface area contributed by atoms with Crippen molar-refractivity contribution in [2.45, 2.75) is 33.0 Å². The first kappa shape index (κ1) is 15.6. The zero-order chi connectivity index (χ0) is 15.6. The highest BCUT2D eigenvalue weighted by Gasteiger charge is 2.27. The SMILES string of the molecule is COc1cc(C(=O)N2C[C@@H](C)O[C@@H](C)C2)cc(OC)c1C. The Bertz CT molecular complexity index is 494. The summed E-state index contributed by atoms with van der Waals surface area (Å²) in [4.78, 5) is 14.5. The zero-order valence-electron chi connectivity index (χ0n) is 13.3. The molecule has 0 bridgehead atoms. The molecule has 0 radical (unpaired) electrons. The van der Waals surface area contributed by atoms with Gasteiger partial charge in [-0.05, 0) is 32.9 Å². The third-order valence-corrected chi connectivity index (χ3v) is 3.71. The number of carbonyl (C=O) groups is 1. The predicted molar refractivity (Wildman–Crippen MR) is 80.2 cm³/mol. The number of rotatable bonds is 3. The minimum atomic E-state index is -0.0198. The van der Waals surface area contributed by atoms with Crippen molar-refractivity contribution in [3.05, 3.63) is 23.3 Å². The van der Waals surface area contributed by atoms with Gasteiger partial charge in [-0.1, -0.05) is 0 Å². The van der Waals surface area contributed by atoms with Crippen LogP contribution in [0, 0.1) is 6.92 Å². The molecule has 1 aliphatic rings. The fraction of sp³-hybridized carbons (Fsp3) is 0.562. The molecule has 0 aliphatic carbocycles. The van der Waals surface area contributed by atoms with E-state index in [4.69, 9.17) is 14.2 Å². The van der Waals surface area contributed by atoms with Crippen LogP contribution in [-0.4, -0.2) is 50.3 Å². The molecular formula is C16H23NO4. The summed E-state index contributed by atoms with van der Waals surface area (Å²) in [6.45, 7) is 7.06. The monoisotopic (exact) mass is 293 g/mol. The van der Waals surface area contributed by atoms with Crippen LogP contribution in [0.15, 0.2) is 12.1 Å². The predicted octanol–water partition coefficient (Wildman–Crippen LogP) is 2.26. The van der Waals surface area contributed by atoms with Crippen LogP contribution >= 0.6 is 0 Å². The van der Waals surface area contributed by atoms with Gasteiger partial charge in [-0.2, -0.15) is 0 Å². The number of nitrogens with zero attached hydrogens (tertiary/aromatic N) is 1. The second kappa shape index (κ2) is 6.35. The van der Waals surface area contributed by atoms with Gasteiger partial charge in [0, 0.05) is 24.2 Å². The van der Waals surface area contributed by atoms with E-state index in [1.807, 2.05) is 25.7 Å². The molecule has 21 heavy (non-hydrogen) atoms. The van der Waals surface area contributed by atoms with Gasteiger partial charge in [0.15, 0.2) is 0 Å². The fourth-order valence-corrected chi connectivity index (χ4v) is 2.74. The molecule has 1 fully saturated rings. The summed E-state index contributed by atoms with van der Waals surface area (Å²) in [5.74, 6) is 1.30. The van der Waals surface area contributed by atoms with Gasteiger partial charge in [0.25, 0.3) is 5.91 Å². The van der Waals surface area contributed by atoms with Crippen LogP contribution in [0.5, 0.6) is 11.5 Å². The molecular weight excluding hydrogens is 270 g/mol. The molecule has 1 heterocycles. The van der Waals surface area contributed by atoms with Crippen molar-refractivity contribution in [1.82, 2.24) is 4.90 Å². The summed E-state index contributed by atoms with van der Waals surface area (Å²) in [5, 5.41) is 0. The van der Waals surface area contributed by atoms with Crippen LogP contribution in [0.3, 0.4) is 0 Å². The maximum atomic E-state index is 12.7. The van der Waals surface area contributed by atoms with E-state index in [9.17, 15) is 4.79 Å². The van der Waals surface area contributed by atoms with Gasteiger partial charge in [-0.25, -0.2) is 0 Å². The van der Waals surface area contributed by atoms with Gasteiger partial charge < -0.3 is 19.1 Å². The number of benzene rings is 1. The molecule has 2 rings (SSSR count). The molecule has 1 amide bonds. The van der Waals surface area contributed by atoms with E-state index in [0.717, 1.165) is 5.56 Å². The van der Waals surface area contributed by atoms with Crippen LogP contribution in [0.4, 0.5) is 0 Å². The standard InChI is InChI=1S/C16H23NO4/c1-10-8-17(9-11(2)21-10)16(18)13-6-14(19-4)12(3)15(7-13)20-5/h6-7,10-11H,8-9H2,1-5H3/t10-,11+. The molecule has 0 aromatic heterocycles. The maximum absolute atomic E-state index is 12.7. The summed E-state index contributed by atoms with van der Waals surface area (Å²) in [5.41, 5.74) is 1.47. The number of carbonyl (C=O) groups excluding carboxylic acids is 1. The Kier molecular flexibility index (Phi) is 4.73. The van der Waals surface area contributed by atoms with E-state index >= 15 is 0 Å². The third kappa shape index (κ3) is 3.29. The Morgan fingerprint density at radius 3 is 2.05 bits per heavy atom. The Morgan fingerprint density at radius 1 is 1.14 bits per heavy atom. The van der Waals surface area contributed by atoms with Crippen molar-refractivity contribution in [2.75, 3.05) is 27.3 Å². The Labute approximate surface area is 125 Å². The van der Waals surface area contributed by atoms with E-state index in [1.54, 1.807) is 26.4 Å². The average molecular weight is 293 g/mol. The quantitative estimate of drug-likeness (QED) is 0.857. The fourth-order valence-electron chi connectivity index (χ4n) is 2.74. The summed E-state index contributed by atoms with van der Waals surface area (Å²) in [6, 6.07) is 3.54. The van der Waals surface area contributed by atoms with E-state index in [0.29, 0.717) is 30.2 Å². The normalized spacial score (nSPS) is 22.0. The molecule has 5 nitrogen and oxygen atoms in total. The molecule has 116 valence electrons. The average Bonchev–Trinajstić information content (AvgIpc) is 2.45. The lowest BCUT2D eigenvalue weighted by Gasteiger charge is -2.35. The highest BCUT2D eigenvalue weighted by molar-refractivity contribution is 5.95. The molecule has 0 N–H and O–H groups in total. The topological polar surface area (TPSA) is 48.0 Å². The van der Waals surface area contributed by atoms with E-state index in [-0.39, 0.29) is 18.1 Å². The van der Waals surface area contributed by atoms with Gasteiger partial charge in [-0.3, -0.25) is 4.79 Å². The first-order valence-corrected chi connectivity index (χ1v) is 7.13. The van der Waals surface area contributed by atoms with E-state index < -0.39 is 0 Å². The molecule has 0 saturated carbocycles. The zero-order valence-corrected chi connectivity index (χ0v) is 13.3. The molecule has 1 saturated heterocycles. The van der Waals surface area contributed by atoms with Gasteiger partial charge in [0.2, 0.25) is 0 Å². The van der Waals surface area contributed by atoms with Gasteiger partial charge in [0.1, 0.15) is 11.5 Å². The molecule has 0 spiro atoms. The second-order valence-corrected chi connectivity index (χ2v) is 5.47. The van der Waals surface area contributed by atoms with Gasteiger partial charge >= 0.3 is 0 Å². The molecule has 1 aliphatic heterocycles. The van der Waals surface area contributed by atoms with Crippen LogP contribution in [-0.2, 0) is 4.74 Å². The maximum Gasteiger partial charge on any atom is 0.254 e. The second-order valence-electron chi connectivity index (χ2n) is 5.47. The summed E-state index contributed by atoms with van der Waals surface area (Å²) in [6.07, 6.45) is 0.0962. The van der Waals surface area contributed by atoms with Crippen molar-refractivity contribution >= 4 is 5.91 Å². The molecule has 2 atom stereocenters. The lowest BCUT2D eigenvalue weighted by molar-refractivity contribution is -0.0586. The first-order valence-electron chi connectivity index (χ1n) is 7.13. The summed E-state index contributed by atoms with van der Waals surface area (Å²) < 4.78 is 16.3. The molecule has 0 unspecified atom stereocenters. The van der Waals surface area contributed by atoms with Crippen molar-refractivity contribution < 1.29 is 19.0 Å². The Morgan fingerprint density at radius 2 is 1.62 bits per heavy atom. The minimum Gasteiger partial charge on any atom is -0.496 e. The number of amides is 1. The number of ether oxygens (including phenoxy) is 3. The van der Waals surface area contributed by atoms with Crippen molar-refractivity contribution in [3.8, 4) is 11.5 Å². The van der Waals surface area contributed by atoms with Crippen LogP contribution in [0.2, 0.25) is 0 Å². The van der Waals surface area contributed by atoms with Crippen LogP contribution in [0.1, 0.15) is 29.8 Å². The summed E-state index contributed by atoms with van der Waals surface area (Å²) in [7, 11) is 3.18. The Hall–Kier alpha value is -1.75. The number of hydrogen-bond acceptors (Lipinski definition) is 4. The number of hydrogen-bond donors (Lipinski definition) is 0. The lowest BCUT2D eigenvalue weighted by atomic mass is 10.1. The van der Waals surface area contributed by atoms with Gasteiger partial charge in [0.05, 0.1) is 26.4 Å². The molecule has 1 aromatic carbocycles. The van der Waals surface area contributed by atoms with Crippen LogP contribution < -0.4 is 9.47 Å². The van der Waals surface area contributed by atoms with Crippen molar-refractivity contribution in [1.29, 1.82) is 0 Å². The molecule has 5 heteroatoms.